The summed E-state index contributed by atoms with van der Waals surface area (Å²) in [5, 5.41) is 16.2. The van der Waals surface area contributed by atoms with Crippen molar-refractivity contribution in [1.29, 1.82) is 5.41 Å². The standard InChI is InChI=1S/C22H23N5O4/c23-21(24)15-3-1-14(2-4-15)18-12-27-8-5-16(11-19(27)25-18)22(30)26-9-6-17(7-10-26)31-13-20(28)29/h1-5,8,11-12,17H,6-7,9-10,13H2,(H3,23,24)(H,28,29). The van der Waals surface area contributed by atoms with Crippen molar-refractivity contribution in [3.05, 3.63) is 59.9 Å². The lowest BCUT2D eigenvalue weighted by atomic mass is 10.1. The van der Waals surface area contributed by atoms with Crippen LogP contribution in [0.4, 0.5) is 0 Å². The number of carboxylic acid groups (broad SMARTS) is 1. The van der Waals surface area contributed by atoms with Crippen LogP contribution in [0.15, 0.2) is 48.8 Å². The number of aliphatic carboxylic acids is 1. The zero-order chi connectivity index (χ0) is 22.0. The van der Waals surface area contributed by atoms with Gasteiger partial charge in [-0.25, -0.2) is 9.78 Å². The van der Waals surface area contributed by atoms with Crippen molar-refractivity contribution in [2.24, 2.45) is 5.73 Å². The Bertz CT molecular complexity index is 1130. The number of piperidine rings is 1. The van der Waals surface area contributed by atoms with Gasteiger partial charge in [0.1, 0.15) is 18.1 Å². The van der Waals surface area contributed by atoms with Gasteiger partial charge in [0, 0.05) is 42.2 Å². The second-order valence-corrected chi connectivity index (χ2v) is 7.49. The van der Waals surface area contributed by atoms with Crippen LogP contribution in [-0.2, 0) is 9.53 Å². The second-order valence-electron chi connectivity index (χ2n) is 7.49. The third kappa shape index (κ3) is 4.56. The number of imidazole rings is 1. The highest BCUT2D eigenvalue weighted by Gasteiger charge is 2.25. The smallest absolute Gasteiger partial charge is 0.329 e. The summed E-state index contributed by atoms with van der Waals surface area (Å²) in [7, 11) is 0. The average molecular weight is 421 g/mol. The molecular weight excluding hydrogens is 398 g/mol. The monoisotopic (exact) mass is 421 g/mol. The van der Waals surface area contributed by atoms with E-state index in [1.54, 1.807) is 29.2 Å². The Morgan fingerprint density at radius 2 is 1.87 bits per heavy atom. The molecule has 3 aromatic rings. The van der Waals surface area contributed by atoms with E-state index < -0.39 is 5.97 Å². The predicted octanol–water partition coefficient (Wildman–Crippen LogP) is 1.99. The molecule has 2 aromatic heterocycles. The normalized spacial score (nSPS) is 14.6. The number of aromatic nitrogens is 2. The van der Waals surface area contributed by atoms with Crippen molar-refractivity contribution in [3.8, 4) is 11.3 Å². The molecule has 4 rings (SSSR count). The Balaban J connectivity index is 1.46. The van der Waals surface area contributed by atoms with E-state index in [9.17, 15) is 9.59 Å². The summed E-state index contributed by atoms with van der Waals surface area (Å²) in [5.74, 6) is -1.04. The number of fused-ring (bicyclic) bond motifs is 1. The molecule has 0 bridgehead atoms. The minimum absolute atomic E-state index is 0.0159. The number of amides is 1. The Morgan fingerprint density at radius 1 is 1.16 bits per heavy atom. The number of pyridine rings is 1. The van der Waals surface area contributed by atoms with Gasteiger partial charge < -0.3 is 24.9 Å². The number of carbonyl (C=O) groups is 2. The molecule has 4 N–H and O–H groups in total. The van der Waals surface area contributed by atoms with Crippen LogP contribution in [-0.4, -0.2) is 62.9 Å². The van der Waals surface area contributed by atoms with Crippen LogP contribution in [0, 0.1) is 5.41 Å². The largest absolute Gasteiger partial charge is 0.480 e. The number of ether oxygens (including phenoxy) is 1. The number of hydrogen-bond donors (Lipinski definition) is 3. The predicted molar refractivity (Wildman–Crippen MR) is 114 cm³/mol. The summed E-state index contributed by atoms with van der Waals surface area (Å²) in [5.41, 5.74) is 9.03. The van der Waals surface area contributed by atoms with E-state index in [-0.39, 0.29) is 24.5 Å². The fourth-order valence-electron chi connectivity index (χ4n) is 3.67. The highest BCUT2D eigenvalue weighted by atomic mass is 16.5. The number of carbonyl (C=O) groups excluding carboxylic acids is 1. The quantitative estimate of drug-likeness (QED) is 0.412. The van der Waals surface area contributed by atoms with Crippen molar-refractivity contribution < 1.29 is 19.4 Å². The van der Waals surface area contributed by atoms with Gasteiger partial charge in [0.25, 0.3) is 5.91 Å². The molecule has 0 atom stereocenters. The van der Waals surface area contributed by atoms with Crippen LogP contribution in [0.1, 0.15) is 28.8 Å². The molecule has 0 aliphatic carbocycles. The van der Waals surface area contributed by atoms with Gasteiger partial charge in [-0.2, -0.15) is 0 Å². The fraction of sp³-hybridized carbons (Fsp3) is 0.273. The molecule has 0 radical (unpaired) electrons. The van der Waals surface area contributed by atoms with Gasteiger partial charge in [0.15, 0.2) is 0 Å². The topological polar surface area (TPSA) is 134 Å². The lowest BCUT2D eigenvalue weighted by Crippen LogP contribution is -2.41. The van der Waals surface area contributed by atoms with E-state index in [1.807, 2.05) is 28.9 Å². The minimum Gasteiger partial charge on any atom is -0.480 e. The third-order valence-corrected chi connectivity index (χ3v) is 5.37. The number of benzene rings is 1. The Hall–Kier alpha value is -3.72. The zero-order valence-corrected chi connectivity index (χ0v) is 16.8. The third-order valence-electron chi connectivity index (χ3n) is 5.37. The van der Waals surface area contributed by atoms with E-state index in [4.69, 9.17) is 21.0 Å². The van der Waals surface area contributed by atoms with Crippen molar-refractivity contribution in [1.82, 2.24) is 14.3 Å². The van der Waals surface area contributed by atoms with Crippen LogP contribution in [0.2, 0.25) is 0 Å². The van der Waals surface area contributed by atoms with Crippen molar-refractivity contribution in [2.45, 2.75) is 18.9 Å². The van der Waals surface area contributed by atoms with Gasteiger partial charge in [-0.05, 0) is 25.0 Å². The van der Waals surface area contributed by atoms with Gasteiger partial charge in [-0.3, -0.25) is 10.2 Å². The minimum atomic E-state index is -0.985. The summed E-state index contributed by atoms with van der Waals surface area (Å²) in [6.07, 6.45) is 4.80. The lowest BCUT2D eigenvalue weighted by Gasteiger charge is -2.31. The molecule has 1 aliphatic heterocycles. The molecule has 1 saturated heterocycles. The van der Waals surface area contributed by atoms with Crippen LogP contribution in [0.3, 0.4) is 0 Å². The van der Waals surface area contributed by atoms with Crippen LogP contribution in [0.25, 0.3) is 16.9 Å². The molecule has 0 spiro atoms. The zero-order valence-electron chi connectivity index (χ0n) is 16.8. The molecular formula is C22H23N5O4. The summed E-state index contributed by atoms with van der Waals surface area (Å²) < 4.78 is 7.19. The summed E-state index contributed by atoms with van der Waals surface area (Å²) in [4.78, 5) is 29.9. The maximum absolute atomic E-state index is 12.9. The molecule has 1 aliphatic rings. The van der Waals surface area contributed by atoms with Crippen LogP contribution >= 0.6 is 0 Å². The molecule has 9 heteroatoms. The fourth-order valence-corrected chi connectivity index (χ4v) is 3.67. The van der Waals surface area contributed by atoms with Crippen LogP contribution < -0.4 is 5.73 Å². The first kappa shape index (κ1) is 20.5. The average Bonchev–Trinajstić information content (AvgIpc) is 3.21. The first-order valence-electron chi connectivity index (χ1n) is 9.97. The Kier molecular flexibility index (Phi) is 5.68. The molecule has 3 heterocycles. The number of nitrogens with zero attached hydrogens (tertiary/aromatic N) is 3. The number of nitrogens with two attached hydrogens (primary N) is 1. The number of rotatable bonds is 6. The summed E-state index contributed by atoms with van der Waals surface area (Å²) >= 11 is 0. The number of amidine groups is 1. The molecule has 1 fully saturated rings. The summed E-state index contributed by atoms with van der Waals surface area (Å²) in [6.45, 7) is 0.738. The number of likely N-dealkylation sites (tertiary alicyclic amines) is 1. The molecule has 1 amide bonds. The van der Waals surface area contributed by atoms with Crippen molar-refractivity contribution in [2.75, 3.05) is 19.7 Å². The van der Waals surface area contributed by atoms with E-state index in [0.29, 0.717) is 42.7 Å². The molecule has 31 heavy (non-hydrogen) atoms. The number of hydrogen-bond acceptors (Lipinski definition) is 5. The van der Waals surface area contributed by atoms with E-state index in [0.717, 1.165) is 11.3 Å². The first-order valence-corrected chi connectivity index (χ1v) is 9.97. The maximum atomic E-state index is 12.9. The Labute approximate surface area is 178 Å². The SMILES string of the molecule is N=C(N)c1ccc(-c2cn3ccc(C(=O)N4CCC(OCC(=O)O)CC4)cc3n2)cc1. The van der Waals surface area contributed by atoms with Crippen molar-refractivity contribution >= 4 is 23.4 Å². The lowest BCUT2D eigenvalue weighted by molar-refractivity contribution is -0.145. The van der Waals surface area contributed by atoms with Gasteiger partial charge in [0.2, 0.25) is 0 Å². The summed E-state index contributed by atoms with van der Waals surface area (Å²) in [6, 6.07) is 10.8. The second kappa shape index (κ2) is 8.57. The van der Waals surface area contributed by atoms with Gasteiger partial charge in [-0.1, -0.05) is 24.3 Å². The highest BCUT2D eigenvalue weighted by molar-refractivity contribution is 5.96. The molecule has 9 nitrogen and oxygen atoms in total. The Morgan fingerprint density at radius 3 is 2.52 bits per heavy atom. The maximum Gasteiger partial charge on any atom is 0.329 e. The molecule has 1 aromatic carbocycles. The number of carboxylic acids is 1. The molecule has 160 valence electrons. The van der Waals surface area contributed by atoms with Crippen LogP contribution in [0.5, 0.6) is 0 Å². The van der Waals surface area contributed by atoms with Crippen molar-refractivity contribution in [3.63, 3.8) is 0 Å². The van der Waals surface area contributed by atoms with Gasteiger partial charge in [-0.15, -0.1) is 0 Å². The van der Waals surface area contributed by atoms with Gasteiger partial charge in [0.05, 0.1) is 11.8 Å². The molecule has 0 saturated carbocycles. The number of nitrogens with one attached hydrogen (secondary N) is 1. The molecule has 0 unspecified atom stereocenters. The van der Waals surface area contributed by atoms with E-state index in [2.05, 4.69) is 4.98 Å². The highest BCUT2D eigenvalue weighted by Crippen LogP contribution is 2.22. The number of nitrogen functional groups attached to an aromatic ring is 1. The van der Waals surface area contributed by atoms with E-state index >= 15 is 0 Å². The first-order chi connectivity index (χ1) is 14.9. The van der Waals surface area contributed by atoms with Gasteiger partial charge >= 0.3 is 5.97 Å². The van der Waals surface area contributed by atoms with E-state index in [1.165, 1.54) is 0 Å².